The second-order valence-electron chi connectivity index (χ2n) is 6.10. The molecule has 0 unspecified atom stereocenters. The molecule has 0 aromatic heterocycles. The average Bonchev–Trinajstić information content (AvgIpc) is 3.07. The van der Waals surface area contributed by atoms with E-state index in [9.17, 15) is 4.79 Å². The maximum Gasteiger partial charge on any atom is 0.272 e. The van der Waals surface area contributed by atoms with Gasteiger partial charge < -0.3 is 0 Å². The van der Waals surface area contributed by atoms with Gasteiger partial charge in [-0.25, -0.2) is 5.43 Å². The number of hydrogen-bond acceptors (Lipinski definition) is 2. The Morgan fingerprint density at radius 2 is 2.10 bits per heavy atom. The van der Waals surface area contributed by atoms with E-state index in [0.717, 1.165) is 17.5 Å². The van der Waals surface area contributed by atoms with E-state index in [-0.39, 0.29) is 5.91 Å². The van der Waals surface area contributed by atoms with Crippen molar-refractivity contribution in [2.75, 3.05) is 0 Å². The van der Waals surface area contributed by atoms with Crippen molar-refractivity contribution in [2.45, 2.75) is 32.6 Å². The molecule has 2 fully saturated rings. The van der Waals surface area contributed by atoms with Gasteiger partial charge in [-0.3, -0.25) is 4.79 Å². The minimum atomic E-state index is -0.292. The Bertz CT molecular complexity index is 600. The molecule has 3 atom stereocenters. The van der Waals surface area contributed by atoms with Crippen molar-refractivity contribution in [3.63, 3.8) is 0 Å². The van der Waals surface area contributed by atoms with Crippen molar-refractivity contribution in [1.82, 2.24) is 5.43 Å². The summed E-state index contributed by atoms with van der Waals surface area (Å²) in [5.74, 6) is 1.87. The van der Waals surface area contributed by atoms with E-state index in [0.29, 0.717) is 21.5 Å². The van der Waals surface area contributed by atoms with Crippen molar-refractivity contribution in [3.8, 4) is 0 Å². The molecule has 1 N–H and O–H groups in total. The quantitative estimate of drug-likeness (QED) is 0.643. The molecule has 1 amide bonds. The minimum absolute atomic E-state index is 0.292. The van der Waals surface area contributed by atoms with Crippen molar-refractivity contribution in [3.05, 3.63) is 33.8 Å². The van der Waals surface area contributed by atoms with Crippen molar-refractivity contribution >= 4 is 34.8 Å². The van der Waals surface area contributed by atoms with Crippen LogP contribution in [0.5, 0.6) is 0 Å². The predicted molar refractivity (Wildman–Crippen MR) is 86.0 cm³/mol. The van der Waals surface area contributed by atoms with E-state index >= 15 is 0 Å². The first-order chi connectivity index (χ1) is 10.0. The summed E-state index contributed by atoms with van der Waals surface area (Å²) >= 11 is 11.9. The van der Waals surface area contributed by atoms with Crippen LogP contribution in [0.2, 0.25) is 10.0 Å². The Morgan fingerprint density at radius 1 is 1.29 bits per heavy atom. The van der Waals surface area contributed by atoms with Crippen molar-refractivity contribution in [2.24, 2.45) is 22.9 Å². The SMILES string of the molecule is C/C(=N/NC(=O)c1ccc(Cl)cc1Cl)[C@@H]1C[C@H]2CC[C@H]1C2. The van der Waals surface area contributed by atoms with Gasteiger partial charge in [0.25, 0.3) is 5.91 Å². The molecule has 0 radical (unpaired) electrons. The second kappa shape index (κ2) is 5.98. The van der Waals surface area contributed by atoms with Crippen LogP contribution >= 0.6 is 23.2 Å². The largest absolute Gasteiger partial charge is 0.272 e. The van der Waals surface area contributed by atoms with Gasteiger partial charge in [-0.2, -0.15) is 5.10 Å². The molecule has 2 saturated carbocycles. The summed E-state index contributed by atoms with van der Waals surface area (Å²) in [4.78, 5) is 12.1. The van der Waals surface area contributed by atoms with Gasteiger partial charge in [0.1, 0.15) is 0 Å². The van der Waals surface area contributed by atoms with Crippen LogP contribution in [0.25, 0.3) is 0 Å². The third-order valence-corrected chi connectivity index (χ3v) is 5.33. The summed E-state index contributed by atoms with van der Waals surface area (Å²) in [5, 5.41) is 5.14. The highest BCUT2D eigenvalue weighted by atomic mass is 35.5. The molecule has 2 bridgehead atoms. The number of amides is 1. The minimum Gasteiger partial charge on any atom is -0.267 e. The Morgan fingerprint density at radius 3 is 2.71 bits per heavy atom. The number of hydrogen-bond donors (Lipinski definition) is 1. The standard InChI is InChI=1S/C16H18Cl2N2O/c1-9(14-7-10-2-3-11(14)6-10)19-20-16(21)13-5-4-12(17)8-15(13)18/h4-5,8,10-11,14H,2-3,6-7H2,1H3,(H,20,21)/b19-9-/t10-,11-,14-/m0/s1. The number of benzene rings is 1. The lowest BCUT2D eigenvalue weighted by atomic mass is 9.86. The summed E-state index contributed by atoms with van der Waals surface area (Å²) in [6.45, 7) is 2.01. The van der Waals surface area contributed by atoms with Crippen LogP contribution in [0.1, 0.15) is 43.0 Å². The average molecular weight is 325 g/mol. The van der Waals surface area contributed by atoms with E-state index in [1.54, 1.807) is 18.2 Å². The van der Waals surface area contributed by atoms with Gasteiger partial charge in [-0.1, -0.05) is 29.6 Å². The molecule has 1 aromatic rings. The number of nitrogens with zero attached hydrogens (tertiary/aromatic N) is 1. The van der Waals surface area contributed by atoms with Crippen LogP contribution in [0.3, 0.4) is 0 Å². The molecule has 5 heteroatoms. The molecule has 2 aliphatic rings. The van der Waals surface area contributed by atoms with Gasteiger partial charge in [0.15, 0.2) is 0 Å². The van der Waals surface area contributed by atoms with Crippen LogP contribution in [-0.4, -0.2) is 11.6 Å². The predicted octanol–water partition coefficient (Wildman–Crippen LogP) is 4.54. The van der Waals surface area contributed by atoms with E-state index in [1.165, 1.54) is 25.7 Å². The normalized spacial score (nSPS) is 28.0. The lowest BCUT2D eigenvalue weighted by Crippen LogP contribution is -2.24. The number of fused-ring (bicyclic) bond motifs is 2. The summed E-state index contributed by atoms with van der Waals surface area (Å²) in [6, 6.07) is 4.82. The Labute approximate surface area is 134 Å². The fourth-order valence-electron chi connectivity index (χ4n) is 3.71. The summed E-state index contributed by atoms with van der Waals surface area (Å²) in [5.41, 5.74) is 4.04. The molecule has 2 aliphatic carbocycles. The monoisotopic (exact) mass is 324 g/mol. The smallest absolute Gasteiger partial charge is 0.267 e. The van der Waals surface area contributed by atoms with Crippen molar-refractivity contribution < 1.29 is 4.79 Å². The lowest BCUT2D eigenvalue weighted by molar-refractivity contribution is 0.0954. The van der Waals surface area contributed by atoms with Gasteiger partial charge in [0, 0.05) is 16.7 Å². The zero-order valence-electron chi connectivity index (χ0n) is 11.9. The molecule has 0 saturated heterocycles. The second-order valence-corrected chi connectivity index (χ2v) is 6.94. The van der Waals surface area contributed by atoms with Crippen LogP contribution in [-0.2, 0) is 0 Å². The number of carbonyl (C=O) groups excluding carboxylic acids is 1. The first-order valence-electron chi connectivity index (χ1n) is 7.34. The highest BCUT2D eigenvalue weighted by Gasteiger charge is 2.40. The van der Waals surface area contributed by atoms with E-state index in [4.69, 9.17) is 23.2 Å². The van der Waals surface area contributed by atoms with Gasteiger partial charge in [-0.05, 0) is 56.2 Å². The zero-order chi connectivity index (χ0) is 15.0. The fraction of sp³-hybridized carbons (Fsp3) is 0.500. The van der Waals surface area contributed by atoms with E-state index < -0.39 is 0 Å². The summed E-state index contributed by atoms with van der Waals surface area (Å²) in [6.07, 6.45) is 5.21. The first-order valence-corrected chi connectivity index (χ1v) is 8.09. The molecule has 21 heavy (non-hydrogen) atoms. The summed E-state index contributed by atoms with van der Waals surface area (Å²) in [7, 11) is 0. The van der Waals surface area contributed by atoms with Gasteiger partial charge in [-0.15, -0.1) is 0 Å². The Balaban J connectivity index is 1.66. The summed E-state index contributed by atoms with van der Waals surface area (Å²) < 4.78 is 0. The molecule has 0 aliphatic heterocycles. The van der Waals surface area contributed by atoms with Crippen LogP contribution in [0.4, 0.5) is 0 Å². The molecular weight excluding hydrogens is 307 g/mol. The molecule has 0 spiro atoms. The van der Waals surface area contributed by atoms with Crippen molar-refractivity contribution in [1.29, 1.82) is 0 Å². The maximum atomic E-state index is 12.1. The Hall–Kier alpha value is -1.06. The molecule has 0 heterocycles. The number of rotatable bonds is 3. The molecular formula is C16H18Cl2N2O. The number of carbonyl (C=O) groups is 1. The van der Waals surface area contributed by atoms with Gasteiger partial charge in [0.05, 0.1) is 10.6 Å². The van der Waals surface area contributed by atoms with Crippen LogP contribution < -0.4 is 5.43 Å². The third kappa shape index (κ3) is 3.09. The van der Waals surface area contributed by atoms with Gasteiger partial charge in [0.2, 0.25) is 0 Å². The van der Waals surface area contributed by atoms with E-state index in [2.05, 4.69) is 10.5 Å². The molecule has 3 nitrogen and oxygen atoms in total. The maximum absolute atomic E-state index is 12.1. The highest BCUT2D eigenvalue weighted by molar-refractivity contribution is 6.36. The van der Waals surface area contributed by atoms with Crippen LogP contribution in [0, 0.1) is 17.8 Å². The Kier molecular flexibility index (Phi) is 4.23. The zero-order valence-corrected chi connectivity index (χ0v) is 13.4. The lowest BCUT2D eigenvalue weighted by Gasteiger charge is -2.21. The number of nitrogens with one attached hydrogen (secondary N) is 1. The highest BCUT2D eigenvalue weighted by Crippen LogP contribution is 2.48. The third-order valence-electron chi connectivity index (χ3n) is 4.78. The van der Waals surface area contributed by atoms with Crippen LogP contribution in [0.15, 0.2) is 23.3 Å². The first kappa shape index (κ1) is 14.9. The molecule has 1 aromatic carbocycles. The van der Waals surface area contributed by atoms with E-state index in [1.807, 2.05) is 6.92 Å². The topological polar surface area (TPSA) is 41.5 Å². The van der Waals surface area contributed by atoms with Gasteiger partial charge >= 0.3 is 0 Å². The molecule has 112 valence electrons. The number of hydrazone groups is 1. The number of halogens is 2. The molecule has 3 rings (SSSR count). The fourth-order valence-corrected chi connectivity index (χ4v) is 4.21.